The standard InChI is InChI=1S/C12H19N3O3S/c1-7(2)10-11(19-14-13-10)12(17)15-4-8(3)18-9(5-15)6-16/h7-9,16H,4-6H2,1-3H3. The van der Waals surface area contributed by atoms with Crippen molar-refractivity contribution in [3.63, 3.8) is 0 Å². The summed E-state index contributed by atoms with van der Waals surface area (Å²) in [5.41, 5.74) is 0.745. The number of morpholine rings is 1. The molecule has 2 atom stereocenters. The lowest BCUT2D eigenvalue weighted by Gasteiger charge is -2.35. The van der Waals surface area contributed by atoms with Crippen molar-refractivity contribution in [2.45, 2.75) is 38.9 Å². The zero-order chi connectivity index (χ0) is 14.0. The van der Waals surface area contributed by atoms with Crippen LogP contribution in [0, 0.1) is 0 Å². The highest BCUT2D eigenvalue weighted by Gasteiger charge is 2.31. The molecule has 1 fully saturated rings. The number of nitrogens with zero attached hydrogens (tertiary/aromatic N) is 3. The topological polar surface area (TPSA) is 75.6 Å². The summed E-state index contributed by atoms with van der Waals surface area (Å²) in [6, 6.07) is 0. The molecule has 6 nitrogen and oxygen atoms in total. The smallest absolute Gasteiger partial charge is 0.267 e. The Bertz CT molecular complexity index is 449. The SMILES string of the molecule is CC1CN(C(=O)c2snnc2C(C)C)CC(CO)O1. The van der Waals surface area contributed by atoms with Crippen molar-refractivity contribution in [2.24, 2.45) is 0 Å². The molecule has 1 aromatic rings. The molecule has 0 spiro atoms. The number of hydrogen-bond acceptors (Lipinski definition) is 6. The number of ether oxygens (including phenoxy) is 1. The number of aromatic nitrogens is 2. The Morgan fingerprint density at radius 2 is 2.32 bits per heavy atom. The van der Waals surface area contributed by atoms with Gasteiger partial charge in [0, 0.05) is 13.1 Å². The predicted octanol–water partition coefficient (Wildman–Crippen LogP) is 0.883. The molecule has 1 aliphatic rings. The van der Waals surface area contributed by atoms with Crippen LogP contribution in [0.3, 0.4) is 0 Å². The molecule has 1 N–H and O–H groups in total. The number of carbonyl (C=O) groups excluding carboxylic acids is 1. The minimum atomic E-state index is -0.309. The van der Waals surface area contributed by atoms with Gasteiger partial charge in [-0.05, 0) is 24.4 Å². The first-order valence-corrected chi connectivity index (χ1v) is 7.18. The van der Waals surface area contributed by atoms with Gasteiger partial charge in [0.15, 0.2) is 0 Å². The maximum absolute atomic E-state index is 12.5. The highest BCUT2D eigenvalue weighted by atomic mass is 32.1. The van der Waals surface area contributed by atoms with Crippen LogP contribution >= 0.6 is 11.5 Å². The van der Waals surface area contributed by atoms with Gasteiger partial charge < -0.3 is 14.7 Å². The Labute approximate surface area is 116 Å². The average molecular weight is 285 g/mol. The summed E-state index contributed by atoms with van der Waals surface area (Å²) >= 11 is 1.13. The molecule has 0 radical (unpaired) electrons. The van der Waals surface area contributed by atoms with E-state index in [4.69, 9.17) is 4.74 Å². The van der Waals surface area contributed by atoms with E-state index in [1.807, 2.05) is 20.8 Å². The Morgan fingerprint density at radius 3 is 2.95 bits per heavy atom. The van der Waals surface area contributed by atoms with Crippen molar-refractivity contribution in [1.29, 1.82) is 0 Å². The summed E-state index contributed by atoms with van der Waals surface area (Å²) in [5.74, 6) is 0.108. The van der Waals surface area contributed by atoms with Crippen LogP contribution in [0.25, 0.3) is 0 Å². The molecule has 2 rings (SSSR count). The van der Waals surface area contributed by atoms with E-state index in [9.17, 15) is 9.90 Å². The van der Waals surface area contributed by atoms with Gasteiger partial charge in [-0.25, -0.2) is 0 Å². The van der Waals surface area contributed by atoms with Crippen LogP contribution < -0.4 is 0 Å². The number of rotatable bonds is 3. The number of carbonyl (C=O) groups is 1. The van der Waals surface area contributed by atoms with E-state index in [0.717, 1.165) is 17.2 Å². The van der Waals surface area contributed by atoms with Crippen molar-refractivity contribution in [1.82, 2.24) is 14.5 Å². The summed E-state index contributed by atoms with van der Waals surface area (Å²) in [6.45, 7) is 6.75. The van der Waals surface area contributed by atoms with E-state index in [2.05, 4.69) is 9.59 Å². The van der Waals surface area contributed by atoms with Crippen LogP contribution in [0.5, 0.6) is 0 Å². The van der Waals surface area contributed by atoms with Crippen LogP contribution in [0.15, 0.2) is 0 Å². The molecule has 2 unspecified atom stereocenters. The first-order chi connectivity index (χ1) is 9.02. The van der Waals surface area contributed by atoms with Crippen LogP contribution in [0.4, 0.5) is 0 Å². The normalized spacial score (nSPS) is 23.9. The van der Waals surface area contributed by atoms with E-state index in [1.165, 1.54) is 0 Å². The molecule has 19 heavy (non-hydrogen) atoms. The molecule has 1 saturated heterocycles. The number of amides is 1. The van der Waals surface area contributed by atoms with Gasteiger partial charge in [-0.3, -0.25) is 4.79 Å². The molecule has 0 aliphatic carbocycles. The van der Waals surface area contributed by atoms with E-state index < -0.39 is 0 Å². The van der Waals surface area contributed by atoms with Gasteiger partial charge in [0.1, 0.15) is 4.88 Å². The molecule has 1 amide bonds. The zero-order valence-electron chi connectivity index (χ0n) is 11.4. The first-order valence-electron chi connectivity index (χ1n) is 6.40. The van der Waals surface area contributed by atoms with Crippen molar-refractivity contribution < 1.29 is 14.6 Å². The van der Waals surface area contributed by atoms with Gasteiger partial charge in [-0.2, -0.15) is 0 Å². The summed E-state index contributed by atoms with van der Waals surface area (Å²) < 4.78 is 9.42. The van der Waals surface area contributed by atoms with Gasteiger partial charge in [-0.1, -0.05) is 18.3 Å². The quantitative estimate of drug-likeness (QED) is 0.892. The van der Waals surface area contributed by atoms with Crippen molar-refractivity contribution >= 4 is 17.4 Å². The second kappa shape index (κ2) is 5.94. The van der Waals surface area contributed by atoms with E-state index in [0.29, 0.717) is 18.0 Å². The zero-order valence-corrected chi connectivity index (χ0v) is 12.2. The predicted molar refractivity (Wildman–Crippen MR) is 71.3 cm³/mol. The van der Waals surface area contributed by atoms with E-state index in [-0.39, 0.29) is 30.6 Å². The minimum Gasteiger partial charge on any atom is -0.394 e. The summed E-state index contributed by atoms with van der Waals surface area (Å²) in [6.07, 6.45) is -0.380. The van der Waals surface area contributed by atoms with Crippen LogP contribution in [0.2, 0.25) is 0 Å². The summed E-state index contributed by atoms with van der Waals surface area (Å²) in [4.78, 5) is 14.8. The lowest BCUT2D eigenvalue weighted by Crippen LogP contribution is -2.50. The monoisotopic (exact) mass is 285 g/mol. The third kappa shape index (κ3) is 3.10. The fraction of sp³-hybridized carbons (Fsp3) is 0.750. The van der Waals surface area contributed by atoms with E-state index >= 15 is 0 Å². The maximum atomic E-state index is 12.5. The second-order valence-electron chi connectivity index (χ2n) is 5.10. The maximum Gasteiger partial charge on any atom is 0.267 e. The third-order valence-electron chi connectivity index (χ3n) is 3.07. The Morgan fingerprint density at radius 1 is 1.58 bits per heavy atom. The van der Waals surface area contributed by atoms with Gasteiger partial charge in [0.25, 0.3) is 5.91 Å². The summed E-state index contributed by atoms with van der Waals surface area (Å²) in [5, 5.41) is 13.2. The lowest BCUT2D eigenvalue weighted by atomic mass is 10.1. The fourth-order valence-corrected chi connectivity index (χ4v) is 2.97. The number of aliphatic hydroxyl groups is 1. The molecule has 0 aromatic carbocycles. The molecule has 1 aliphatic heterocycles. The minimum absolute atomic E-state index is 0.0627. The van der Waals surface area contributed by atoms with Gasteiger partial charge in [0.05, 0.1) is 24.5 Å². The Hall–Kier alpha value is -1.05. The molecule has 0 saturated carbocycles. The molecule has 0 bridgehead atoms. The highest BCUT2D eigenvalue weighted by Crippen LogP contribution is 2.23. The molecule has 7 heteroatoms. The van der Waals surface area contributed by atoms with E-state index in [1.54, 1.807) is 4.90 Å². The van der Waals surface area contributed by atoms with Crippen molar-refractivity contribution in [2.75, 3.05) is 19.7 Å². The Kier molecular flexibility index (Phi) is 4.49. The number of aliphatic hydroxyl groups excluding tert-OH is 1. The molecule has 106 valence electrons. The number of hydrogen-bond donors (Lipinski definition) is 1. The Balaban J connectivity index is 2.16. The third-order valence-corrected chi connectivity index (χ3v) is 3.80. The van der Waals surface area contributed by atoms with Crippen LogP contribution in [0.1, 0.15) is 42.1 Å². The first kappa shape index (κ1) is 14.4. The van der Waals surface area contributed by atoms with Crippen LogP contribution in [-0.2, 0) is 4.74 Å². The second-order valence-corrected chi connectivity index (χ2v) is 5.86. The van der Waals surface area contributed by atoms with Crippen molar-refractivity contribution in [3.05, 3.63) is 10.6 Å². The molecule has 2 heterocycles. The van der Waals surface area contributed by atoms with Crippen LogP contribution in [-0.4, -0.2) is 57.4 Å². The highest BCUT2D eigenvalue weighted by molar-refractivity contribution is 7.08. The fourth-order valence-electron chi connectivity index (χ4n) is 2.18. The van der Waals surface area contributed by atoms with Gasteiger partial charge >= 0.3 is 0 Å². The molecular formula is C12H19N3O3S. The van der Waals surface area contributed by atoms with Crippen molar-refractivity contribution in [3.8, 4) is 0 Å². The van der Waals surface area contributed by atoms with Gasteiger partial charge in [-0.15, -0.1) is 5.10 Å². The summed E-state index contributed by atoms with van der Waals surface area (Å²) in [7, 11) is 0. The molecule has 1 aromatic heterocycles. The molecular weight excluding hydrogens is 266 g/mol. The lowest BCUT2D eigenvalue weighted by molar-refractivity contribution is -0.0858. The average Bonchev–Trinajstić information content (AvgIpc) is 2.86. The largest absolute Gasteiger partial charge is 0.394 e. The van der Waals surface area contributed by atoms with Gasteiger partial charge in [0.2, 0.25) is 0 Å².